The minimum atomic E-state index is -0.0705. The summed E-state index contributed by atoms with van der Waals surface area (Å²) in [4.78, 5) is 36.4. The second-order valence-corrected chi connectivity index (χ2v) is 6.42. The Balaban J connectivity index is 1.67. The van der Waals surface area contributed by atoms with Crippen molar-refractivity contribution in [3.8, 4) is 0 Å². The zero-order chi connectivity index (χ0) is 16.3. The van der Waals surface area contributed by atoms with Crippen LogP contribution in [0.4, 0.5) is 0 Å². The van der Waals surface area contributed by atoms with Gasteiger partial charge in [-0.2, -0.15) is 0 Å². The van der Waals surface area contributed by atoms with E-state index < -0.39 is 0 Å². The van der Waals surface area contributed by atoms with Gasteiger partial charge in [0.25, 0.3) is 5.91 Å². The van der Waals surface area contributed by atoms with Crippen LogP contribution in [0.1, 0.15) is 29.8 Å². The fourth-order valence-electron chi connectivity index (χ4n) is 3.65. The molecule has 0 unspecified atom stereocenters. The molecule has 0 radical (unpaired) electrons. The van der Waals surface area contributed by atoms with E-state index in [1.807, 2.05) is 9.80 Å². The number of likely N-dealkylation sites (tertiary alicyclic amines) is 2. The molecule has 3 rings (SSSR count). The maximum atomic E-state index is 12.6. The summed E-state index contributed by atoms with van der Waals surface area (Å²) in [6, 6.07) is 0. The van der Waals surface area contributed by atoms with E-state index in [0.717, 1.165) is 32.4 Å². The lowest BCUT2D eigenvalue weighted by atomic mass is 9.79. The monoisotopic (exact) mass is 318 g/mol. The summed E-state index contributed by atoms with van der Waals surface area (Å²) < 4.78 is 4.94. The van der Waals surface area contributed by atoms with Crippen molar-refractivity contribution >= 4 is 11.8 Å². The van der Waals surface area contributed by atoms with Gasteiger partial charge in [0.2, 0.25) is 5.91 Å². The second-order valence-electron chi connectivity index (χ2n) is 6.42. The molecule has 0 N–H and O–H groups in total. The maximum absolute atomic E-state index is 12.6. The molecule has 124 valence electrons. The van der Waals surface area contributed by atoms with Crippen molar-refractivity contribution in [2.24, 2.45) is 5.41 Å². The molecular weight excluding hydrogens is 296 g/mol. The van der Waals surface area contributed by atoms with Gasteiger partial charge < -0.3 is 14.5 Å². The number of carbonyl (C=O) groups excluding carboxylic acids is 2. The number of ether oxygens (including phenoxy) is 1. The Hall–Kier alpha value is -2.02. The van der Waals surface area contributed by atoms with Crippen LogP contribution in [-0.2, 0) is 9.53 Å². The molecule has 0 saturated carbocycles. The van der Waals surface area contributed by atoms with Gasteiger partial charge in [0.05, 0.1) is 6.20 Å². The number of hydrogen-bond donors (Lipinski definition) is 0. The Labute approximate surface area is 135 Å². The van der Waals surface area contributed by atoms with Crippen LogP contribution in [-0.4, -0.2) is 71.5 Å². The molecule has 2 fully saturated rings. The van der Waals surface area contributed by atoms with Gasteiger partial charge in [-0.25, -0.2) is 4.98 Å². The molecule has 7 nitrogen and oxygen atoms in total. The van der Waals surface area contributed by atoms with Gasteiger partial charge in [-0.3, -0.25) is 14.6 Å². The summed E-state index contributed by atoms with van der Waals surface area (Å²) in [7, 11) is 1.53. The van der Waals surface area contributed by atoms with Gasteiger partial charge in [-0.1, -0.05) is 0 Å². The summed E-state index contributed by atoms with van der Waals surface area (Å²) >= 11 is 0. The molecule has 1 aromatic rings. The van der Waals surface area contributed by atoms with Crippen LogP contribution in [0.2, 0.25) is 0 Å². The van der Waals surface area contributed by atoms with Crippen LogP contribution in [0.5, 0.6) is 0 Å². The average Bonchev–Trinajstić information content (AvgIpc) is 2.99. The van der Waals surface area contributed by atoms with Gasteiger partial charge in [0, 0.05) is 51.1 Å². The first-order chi connectivity index (χ1) is 11.1. The summed E-state index contributed by atoms with van der Waals surface area (Å²) in [5.74, 6) is -0.0411. The summed E-state index contributed by atoms with van der Waals surface area (Å²) in [5.41, 5.74) is 0.398. The molecule has 0 aliphatic carbocycles. The third-order valence-electron chi connectivity index (χ3n) is 4.79. The molecular formula is C16H22N4O3. The van der Waals surface area contributed by atoms with Gasteiger partial charge in [0.1, 0.15) is 12.3 Å². The third-order valence-corrected chi connectivity index (χ3v) is 4.79. The fraction of sp³-hybridized carbons (Fsp3) is 0.625. The third kappa shape index (κ3) is 3.34. The first-order valence-corrected chi connectivity index (χ1v) is 7.96. The second kappa shape index (κ2) is 6.62. The topological polar surface area (TPSA) is 75.6 Å². The number of carbonyl (C=O) groups is 2. The van der Waals surface area contributed by atoms with Crippen LogP contribution in [0, 0.1) is 5.41 Å². The summed E-state index contributed by atoms with van der Waals surface area (Å²) in [6.07, 6.45) is 7.55. The Kier molecular flexibility index (Phi) is 4.56. The number of piperidine rings is 1. The minimum absolute atomic E-state index is 0.0134. The van der Waals surface area contributed by atoms with E-state index in [0.29, 0.717) is 18.8 Å². The van der Waals surface area contributed by atoms with E-state index in [2.05, 4.69) is 9.97 Å². The first-order valence-electron chi connectivity index (χ1n) is 7.96. The standard InChI is InChI=1S/C16H22N4O3/c1-23-10-14(21)19-8-4-16(11-19)3-2-7-20(12-16)15(22)13-9-17-5-6-18-13/h5-6,9H,2-4,7-8,10-12H2,1H3/t16-/m1/s1. The lowest BCUT2D eigenvalue weighted by Gasteiger charge is -2.40. The van der Waals surface area contributed by atoms with Crippen molar-refractivity contribution in [2.45, 2.75) is 19.3 Å². The van der Waals surface area contributed by atoms with E-state index in [-0.39, 0.29) is 23.8 Å². The van der Waals surface area contributed by atoms with E-state index in [9.17, 15) is 9.59 Å². The molecule has 2 aliphatic rings. The number of amides is 2. The van der Waals surface area contributed by atoms with Crippen LogP contribution < -0.4 is 0 Å². The van der Waals surface area contributed by atoms with Crippen molar-refractivity contribution in [3.05, 3.63) is 24.3 Å². The fourth-order valence-corrected chi connectivity index (χ4v) is 3.65. The number of rotatable bonds is 3. The SMILES string of the molecule is COCC(=O)N1CC[C@]2(CCCN(C(=O)c3cnccn3)C2)C1. The predicted molar refractivity (Wildman–Crippen MR) is 82.7 cm³/mol. The molecule has 1 aromatic heterocycles. The quantitative estimate of drug-likeness (QED) is 0.815. The Morgan fingerprint density at radius 3 is 2.78 bits per heavy atom. The molecule has 1 atom stereocenters. The van der Waals surface area contributed by atoms with Crippen LogP contribution in [0.15, 0.2) is 18.6 Å². The normalized spacial score (nSPS) is 24.2. The van der Waals surface area contributed by atoms with Crippen molar-refractivity contribution in [2.75, 3.05) is 39.9 Å². The van der Waals surface area contributed by atoms with E-state index >= 15 is 0 Å². The molecule has 0 aromatic carbocycles. The minimum Gasteiger partial charge on any atom is -0.375 e. The summed E-state index contributed by atoms with van der Waals surface area (Å²) in [6.45, 7) is 3.00. The highest BCUT2D eigenvalue weighted by atomic mass is 16.5. The number of hydrogen-bond acceptors (Lipinski definition) is 5. The molecule has 7 heteroatoms. The lowest BCUT2D eigenvalue weighted by Crippen LogP contribution is -2.48. The van der Waals surface area contributed by atoms with Crippen LogP contribution >= 0.6 is 0 Å². The molecule has 3 heterocycles. The molecule has 2 aliphatic heterocycles. The molecule has 1 spiro atoms. The van der Waals surface area contributed by atoms with Gasteiger partial charge in [-0.15, -0.1) is 0 Å². The Morgan fingerprint density at radius 2 is 2.04 bits per heavy atom. The zero-order valence-corrected chi connectivity index (χ0v) is 13.4. The van der Waals surface area contributed by atoms with E-state index in [1.165, 1.54) is 19.5 Å². The highest BCUT2D eigenvalue weighted by Crippen LogP contribution is 2.39. The largest absolute Gasteiger partial charge is 0.375 e. The van der Waals surface area contributed by atoms with Crippen LogP contribution in [0.25, 0.3) is 0 Å². The van der Waals surface area contributed by atoms with Crippen LogP contribution in [0.3, 0.4) is 0 Å². The van der Waals surface area contributed by atoms with Gasteiger partial charge in [-0.05, 0) is 19.3 Å². The van der Waals surface area contributed by atoms with Crippen molar-refractivity contribution in [1.29, 1.82) is 0 Å². The Bertz CT molecular complexity index is 580. The zero-order valence-electron chi connectivity index (χ0n) is 13.4. The molecule has 2 saturated heterocycles. The van der Waals surface area contributed by atoms with Crippen molar-refractivity contribution in [1.82, 2.24) is 19.8 Å². The Morgan fingerprint density at radius 1 is 1.22 bits per heavy atom. The predicted octanol–water partition coefficient (Wildman–Crippen LogP) is 0.578. The lowest BCUT2D eigenvalue weighted by molar-refractivity contribution is -0.134. The maximum Gasteiger partial charge on any atom is 0.274 e. The number of aromatic nitrogens is 2. The van der Waals surface area contributed by atoms with Gasteiger partial charge >= 0.3 is 0 Å². The highest BCUT2D eigenvalue weighted by Gasteiger charge is 2.43. The van der Waals surface area contributed by atoms with Crippen molar-refractivity contribution < 1.29 is 14.3 Å². The molecule has 0 bridgehead atoms. The molecule has 2 amide bonds. The van der Waals surface area contributed by atoms with Crippen molar-refractivity contribution in [3.63, 3.8) is 0 Å². The van der Waals surface area contributed by atoms with Gasteiger partial charge in [0.15, 0.2) is 0 Å². The average molecular weight is 318 g/mol. The first kappa shape index (κ1) is 15.9. The summed E-state index contributed by atoms with van der Waals surface area (Å²) in [5, 5.41) is 0. The smallest absolute Gasteiger partial charge is 0.274 e. The number of methoxy groups -OCH3 is 1. The van der Waals surface area contributed by atoms with E-state index in [1.54, 1.807) is 6.20 Å². The molecule has 23 heavy (non-hydrogen) atoms. The van der Waals surface area contributed by atoms with E-state index in [4.69, 9.17) is 4.74 Å². The highest BCUT2D eigenvalue weighted by molar-refractivity contribution is 5.92. The number of nitrogens with zero attached hydrogens (tertiary/aromatic N) is 4.